The third-order valence-corrected chi connectivity index (χ3v) is 10.7. The molecule has 12 nitrogen and oxygen atoms in total. The van der Waals surface area contributed by atoms with Gasteiger partial charge in [0, 0.05) is 41.8 Å². The Hall–Kier alpha value is -4.46. The smallest absolute Gasteiger partial charge is 0.269 e. The number of hydrogen-bond acceptors (Lipinski definition) is 8. The van der Waals surface area contributed by atoms with E-state index in [1.54, 1.807) is 24.3 Å². The average molecular weight is 650 g/mol. The highest BCUT2D eigenvalue weighted by molar-refractivity contribution is 7.89. The van der Waals surface area contributed by atoms with Gasteiger partial charge < -0.3 is 0 Å². The Labute approximate surface area is 263 Å². The lowest BCUT2D eigenvalue weighted by molar-refractivity contribution is -0.385. The minimum absolute atomic E-state index is 0.0263. The van der Waals surface area contributed by atoms with Gasteiger partial charge in [0.05, 0.1) is 26.5 Å². The van der Waals surface area contributed by atoms with Crippen LogP contribution >= 0.6 is 11.6 Å². The third-order valence-electron chi connectivity index (χ3n) is 8.53. The van der Waals surface area contributed by atoms with E-state index in [1.165, 1.54) is 57.8 Å². The van der Waals surface area contributed by atoms with Gasteiger partial charge in [-0.05, 0) is 91.3 Å². The Morgan fingerprint density at radius 2 is 1.51 bits per heavy atom. The van der Waals surface area contributed by atoms with Crippen molar-refractivity contribution in [2.75, 3.05) is 6.54 Å². The summed E-state index contributed by atoms with van der Waals surface area (Å²) in [6.45, 7) is 0.169. The normalized spacial score (nSPS) is 22.7. The molecule has 0 aromatic heterocycles. The molecule has 0 radical (unpaired) electrons. The SMILES string of the molecule is O=C(C1CCCN1S(=O)(=O)c1ccc(Cl)cc1)N1N=C2C(=Cc3ccc([N+](=O)[O-])cc3)CCCC2C1c1ccc([N+](=O)[O-])cc1. The number of nitro groups is 2. The average Bonchev–Trinajstić information content (AvgIpc) is 3.68. The quantitative estimate of drug-likeness (QED) is 0.220. The van der Waals surface area contributed by atoms with Crippen molar-refractivity contribution in [3.8, 4) is 0 Å². The number of nitro benzene ring substituents is 2. The number of nitrogens with zero attached hydrogens (tertiary/aromatic N) is 5. The van der Waals surface area contributed by atoms with Crippen molar-refractivity contribution in [1.29, 1.82) is 0 Å². The molecule has 3 aromatic carbocycles. The van der Waals surface area contributed by atoms with Crippen molar-refractivity contribution in [2.24, 2.45) is 11.0 Å². The maximum atomic E-state index is 14.4. The molecule has 232 valence electrons. The first-order valence-corrected chi connectivity index (χ1v) is 16.2. The summed E-state index contributed by atoms with van der Waals surface area (Å²) in [6.07, 6.45) is 4.86. The zero-order valence-electron chi connectivity index (χ0n) is 23.9. The van der Waals surface area contributed by atoms with E-state index in [4.69, 9.17) is 16.7 Å². The van der Waals surface area contributed by atoms with Gasteiger partial charge in [-0.15, -0.1) is 0 Å². The lowest BCUT2D eigenvalue weighted by Gasteiger charge is -2.32. The van der Waals surface area contributed by atoms with E-state index in [9.17, 15) is 33.4 Å². The van der Waals surface area contributed by atoms with Gasteiger partial charge in [-0.2, -0.15) is 9.41 Å². The molecule has 2 heterocycles. The molecule has 2 aliphatic heterocycles. The predicted molar refractivity (Wildman–Crippen MR) is 167 cm³/mol. The molecule has 3 unspecified atom stereocenters. The van der Waals surface area contributed by atoms with E-state index in [0.29, 0.717) is 42.0 Å². The molecule has 14 heteroatoms. The van der Waals surface area contributed by atoms with Crippen LogP contribution in [0, 0.1) is 26.1 Å². The molecule has 2 fully saturated rings. The summed E-state index contributed by atoms with van der Waals surface area (Å²) in [5, 5.41) is 29.1. The van der Waals surface area contributed by atoms with Crippen LogP contribution < -0.4 is 0 Å². The molecule has 1 aliphatic carbocycles. The second-order valence-corrected chi connectivity index (χ2v) is 13.5. The van der Waals surface area contributed by atoms with E-state index in [2.05, 4.69) is 0 Å². The highest BCUT2D eigenvalue weighted by Gasteiger charge is 2.48. The predicted octanol–water partition coefficient (Wildman–Crippen LogP) is 6.13. The standard InChI is InChI=1S/C31H28ClN5O7S/c32-23-10-16-26(17-11-23)45(43,44)34-18-2-5-28(34)31(38)35-30(21-8-14-25(15-9-21)37(41)42)27-4-1-3-22(29(27)33-35)19-20-6-12-24(13-7-20)36(39)40/h6-17,19,27-28,30H,1-5,18H2. The van der Waals surface area contributed by atoms with Crippen molar-refractivity contribution >= 4 is 50.7 Å². The molecule has 0 spiro atoms. The molecule has 1 saturated carbocycles. The van der Waals surface area contributed by atoms with Crippen LogP contribution in [0.25, 0.3) is 6.08 Å². The van der Waals surface area contributed by atoms with E-state index in [0.717, 1.165) is 17.6 Å². The number of sulfonamides is 1. The number of halogens is 1. The number of non-ortho nitro benzene ring substituents is 2. The van der Waals surface area contributed by atoms with E-state index in [-0.39, 0.29) is 28.7 Å². The van der Waals surface area contributed by atoms with E-state index < -0.39 is 37.9 Å². The summed E-state index contributed by atoms with van der Waals surface area (Å²) in [4.78, 5) is 35.9. The minimum Gasteiger partial charge on any atom is -0.271 e. The number of hydrazone groups is 1. The second-order valence-electron chi connectivity index (χ2n) is 11.2. The fraction of sp³-hybridized carbons (Fsp3) is 0.290. The van der Waals surface area contributed by atoms with Crippen LogP contribution in [0.3, 0.4) is 0 Å². The van der Waals surface area contributed by atoms with Crippen LogP contribution in [0.15, 0.2) is 88.4 Å². The van der Waals surface area contributed by atoms with Gasteiger partial charge in [0.25, 0.3) is 17.3 Å². The molecule has 0 N–H and O–H groups in total. The summed E-state index contributed by atoms with van der Waals surface area (Å²) in [5.41, 5.74) is 2.84. The van der Waals surface area contributed by atoms with Crippen LogP contribution in [-0.2, 0) is 14.8 Å². The zero-order valence-corrected chi connectivity index (χ0v) is 25.4. The van der Waals surface area contributed by atoms with Crippen molar-refractivity contribution in [1.82, 2.24) is 9.31 Å². The summed E-state index contributed by atoms with van der Waals surface area (Å²) in [6, 6.07) is 16.4. The van der Waals surface area contributed by atoms with E-state index >= 15 is 0 Å². The number of benzene rings is 3. The van der Waals surface area contributed by atoms with Gasteiger partial charge in [0.15, 0.2) is 0 Å². The van der Waals surface area contributed by atoms with Gasteiger partial charge in [0.2, 0.25) is 10.0 Å². The summed E-state index contributed by atoms with van der Waals surface area (Å²) in [7, 11) is -4.02. The topological polar surface area (TPSA) is 156 Å². The molecule has 3 aromatic rings. The fourth-order valence-corrected chi connectivity index (χ4v) is 8.15. The molecule has 0 bridgehead atoms. The van der Waals surface area contributed by atoms with Gasteiger partial charge >= 0.3 is 0 Å². The molecule has 3 aliphatic rings. The van der Waals surface area contributed by atoms with Crippen molar-refractivity contribution in [3.05, 3.63) is 115 Å². The van der Waals surface area contributed by atoms with Crippen LogP contribution in [0.2, 0.25) is 5.02 Å². The minimum atomic E-state index is -4.02. The number of amides is 1. The Morgan fingerprint density at radius 3 is 2.13 bits per heavy atom. The fourth-order valence-electron chi connectivity index (χ4n) is 6.37. The van der Waals surface area contributed by atoms with Crippen LogP contribution in [-0.4, -0.2) is 51.8 Å². The lowest BCUT2D eigenvalue weighted by atomic mass is 9.77. The molecule has 1 saturated heterocycles. The number of hydrogen-bond donors (Lipinski definition) is 0. The highest BCUT2D eigenvalue weighted by Crippen LogP contribution is 2.45. The van der Waals surface area contributed by atoms with Gasteiger partial charge in [0.1, 0.15) is 6.04 Å². The maximum Gasteiger partial charge on any atom is 0.269 e. The van der Waals surface area contributed by atoms with Crippen molar-refractivity contribution < 1.29 is 23.1 Å². The highest BCUT2D eigenvalue weighted by atomic mass is 35.5. The van der Waals surface area contributed by atoms with Gasteiger partial charge in [-0.3, -0.25) is 25.0 Å². The number of carbonyl (C=O) groups excluding carboxylic acids is 1. The first-order chi connectivity index (χ1) is 21.5. The molecule has 6 rings (SSSR count). The molecule has 45 heavy (non-hydrogen) atoms. The second kappa shape index (κ2) is 12.1. The monoisotopic (exact) mass is 649 g/mol. The third kappa shape index (κ3) is 5.86. The van der Waals surface area contributed by atoms with Gasteiger partial charge in [-0.25, -0.2) is 13.4 Å². The maximum absolute atomic E-state index is 14.4. The molecular weight excluding hydrogens is 622 g/mol. The van der Waals surface area contributed by atoms with Crippen LogP contribution in [0.1, 0.15) is 49.3 Å². The Kier molecular flexibility index (Phi) is 8.25. The van der Waals surface area contributed by atoms with E-state index in [1.807, 2.05) is 6.08 Å². The van der Waals surface area contributed by atoms with Crippen molar-refractivity contribution in [3.63, 3.8) is 0 Å². The largest absolute Gasteiger partial charge is 0.271 e. The number of rotatable bonds is 7. The first kappa shape index (κ1) is 30.6. The zero-order chi connectivity index (χ0) is 31.9. The first-order valence-electron chi connectivity index (χ1n) is 14.4. The number of carbonyl (C=O) groups is 1. The number of fused-ring (bicyclic) bond motifs is 1. The Bertz CT molecular complexity index is 1830. The van der Waals surface area contributed by atoms with Gasteiger partial charge in [-0.1, -0.05) is 23.7 Å². The molecule has 1 amide bonds. The Balaban J connectivity index is 1.38. The Morgan fingerprint density at radius 1 is 0.889 bits per heavy atom. The van der Waals surface area contributed by atoms with Crippen LogP contribution in [0.5, 0.6) is 0 Å². The lowest BCUT2D eigenvalue weighted by Crippen LogP contribution is -2.46. The summed E-state index contributed by atoms with van der Waals surface area (Å²) in [5.74, 6) is -0.707. The van der Waals surface area contributed by atoms with Crippen LogP contribution in [0.4, 0.5) is 11.4 Å². The molecular formula is C31H28ClN5O7S. The summed E-state index contributed by atoms with van der Waals surface area (Å²) >= 11 is 5.98. The molecule has 3 atom stereocenters. The summed E-state index contributed by atoms with van der Waals surface area (Å²) < 4.78 is 28.5. The number of allylic oxidation sites excluding steroid dienone is 1. The van der Waals surface area contributed by atoms with Crippen molar-refractivity contribution in [2.45, 2.75) is 49.1 Å².